The fourth-order valence-electron chi connectivity index (χ4n) is 3.25. The first kappa shape index (κ1) is 14.2. The molecule has 0 fully saturated rings. The molecule has 0 bridgehead atoms. The number of rotatable bonds is 3. The first-order valence-electron chi connectivity index (χ1n) is 7.22. The van der Waals surface area contributed by atoms with Crippen LogP contribution in [0.15, 0.2) is 42.5 Å². The van der Waals surface area contributed by atoms with E-state index in [-0.39, 0.29) is 11.5 Å². The van der Waals surface area contributed by atoms with Crippen LogP contribution in [0.3, 0.4) is 0 Å². The maximum absolute atomic E-state index is 13.3. The fraction of sp³-hybridized carbons (Fsp3) is 0.333. The van der Waals surface area contributed by atoms with E-state index in [0.717, 1.165) is 12.0 Å². The largest absolute Gasteiger partial charge is 0.305 e. The summed E-state index contributed by atoms with van der Waals surface area (Å²) < 4.78 is 26.2. The molecule has 2 aromatic carbocycles. The molecule has 0 radical (unpaired) electrons. The second-order valence-corrected chi connectivity index (χ2v) is 6.43. The molecule has 0 saturated heterocycles. The Balaban J connectivity index is 1.79. The molecule has 0 heterocycles. The van der Waals surface area contributed by atoms with Crippen LogP contribution in [0.4, 0.5) is 8.78 Å². The van der Waals surface area contributed by atoms with Gasteiger partial charge in [-0.05, 0) is 40.7 Å². The van der Waals surface area contributed by atoms with Gasteiger partial charge >= 0.3 is 0 Å². The summed E-state index contributed by atoms with van der Waals surface area (Å²) in [6.07, 6.45) is 1.03. The standard InChI is InChI=1S/C18H19F2N/c1-18(2)10-13-5-3-4-6-14(13)17(18)21-11-12-7-8-15(19)16(20)9-12/h3-9,17,21H,10-11H2,1-2H3. The zero-order chi connectivity index (χ0) is 15.0. The van der Waals surface area contributed by atoms with Gasteiger partial charge in [0.15, 0.2) is 11.6 Å². The van der Waals surface area contributed by atoms with E-state index >= 15 is 0 Å². The lowest BCUT2D eigenvalue weighted by Crippen LogP contribution is -2.30. The normalized spacial score (nSPS) is 19.5. The Bertz CT molecular complexity index is 664. The van der Waals surface area contributed by atoms with E-state index < -0.39 is 11.6 Å². The second kappa shape index (κ2) is 5.23. The highest BCUT2D eigenvalue weighted by molar-refractivity contribution is 5.37. The second-order valence-electron chi connectivity index (χ2n) is 6.43. The van der Waals surface area contributed by atoms with Crippen molar-refractivity contribution in [3.63, 3.8) is 0 Å². The summed E-state index contributed by atoms with van der Waals surface area (Å²) >= 11 is 0. The van der Waals surface area contributed by atoms with Gasteiger partial charge < -0.3 is 5.32 Å². The van der Waals surface area contributed by atoms with Gasteiger partial charge in [0.25, 0.3) is 0 Å². The van der Waals surface area contributed by atoms with E-state index in [1.54, 1.807) is 6.07 Å². The Morgan fingerprint density at radius 2 is 1.86 bits per heavy atom. The van der Waals surface area contributed by atoms with E-state index in [9.17, 15) is 8.78 Å². The van der Waals surface area contributed by atoms with Crippen LogP contribution in [0.5, 0.6) is 0 Å². The molecule has 0 aliphatic heterocycles. The van der Waals surface area contributed by atoms with Crippen LogP contribution >= 0.6 is 0 Å². The molecule has 0 amide bonds. The van der Waals surface area contributed by atoms with Crippen molar-refractivity contribution in [2.45, 2.75) is 32.9 Å². The molecule has 1 aliphatic rings. The van der Waals surface area contributed by atoms with Gasteiger partial charge in [0.1, 0.15) is 0 Å². The summed E-state index contributed by atoms with van der Waals surface area (Å²) in [5.74, 6) is -1.59. The Kier molecular flexibility index (Phi) is 3.54. The summed E-state index contributed by atoms with van der Waals surface area (Å²) in [5, 5.41) is 3.50. The lowest BCUT2D eigenvalue weighted by molar-refractivity contribution is 0.268. The number of benzene rings is 2. The number of nitrogens with one attached hydrogen (secondary N) is 1. The topological polar surface area (TPSA) is 12.0 Å². The van der Waals surface area contributed by atoms with Gasteiger partial charge in [-0.1, -0.05) is 44.2 Å². The highest BCUT2D eigenvalue weighted by atomic mass is 19.2. The van der Waals surface area contributed by atoms with Crippen molar-refractivity contribution >= 4 is 0 Å². The van der Waals surface area contributed by atoms with Crippen molar-refractivity contribution in [3.05, 3.63) is 70.8 Å². The van der Waals surface area contributed by atoms with Gasteiger partial charge in [-0.3, -0.25) is 0 Å². The molecule has 1 nitrogen and oxygen atoms in total. The summed E-state index contributed by atoms with van der Waals surface area (Å²) in [7, 11) is 0. The molecule has 2 aromatic rings. The molecule has 0 spiro atoms. The predicted octanol–water partition coefficient (Wildman–Crippen LogP) is 4.38. The minimum Gasteiger partial charge on any atom is -0.305 e. The lowest BCUT2D eigenvalue weighted by Gasteiger charge is -2.28. The molecular formula is C18H19F2N. The summed E-state index contributed by atoms with van der Waals surface area (Å²) in [4.78, 5) is 0. The minimum absolute atomic E-state index is 0.113. The van der Waals surface area contributed by atoms with Crippen molar-refractivity contribution < 1.29 is 8.78 Å². The van der Waals surface area contributed by atoms with E-state index in [2.05, 4.69) is 37.4 Å². The third kappa shape index (κ3) is 2.70. The van der Waals surface area contributed by atoms with E-state index in [0.29, 0.717) is 6.54 Å². The van der Waals surface area contributed by atoms with Crippen molar-refractivity contribution in [3.8, 4) is 0 Å². The molecule has 110 valence electrons. The van der Waals surface area contributed by atoms with E-state index in [4.69, 9.17) is 0 Å². The van der Waals surface area contributed by atoms with Crippen molar-refractivity contribution in [2.75, 3.05) is 0 Å². The number of fused-ring (bicyclic) bond motifs is 1. The Morgan fingerprint density at radius 1 is 1.10 bits per heavy atom. The molecule has 0 aromatic heterocycles. The summed E-state index contributed by atoms with van der Waals surface area (Å²) in [6, 6.07) is 12.7. The monoisotopic (exact) mass is 287 g/mol. The van der Waals surface area contributed by atoms with Gasteiger partial charge in [0, 0.05) is 12.6 Å². The lowest BCUT2D eigenvalue weighted by atomic mass is 9.85. The maximum Gasteiger partial charge on any atom is 0.159 e. The quantitative estimate of drug-likeness (QED) is 0.883. The number of hydrogen-bond donors (Lipinski definition) is 1. The Hall–Kier alpha value is -1.74. The van der Waals surface area contributed by atoms with Crippen LogP contribution < -0.4 is 5.32 Å². The zero-order valence-electron chi connectivity index (χ0n) is 12.3. The van der Waals surface area contributed by atoms with Crippen LogP contribution in [0.1, 0.15) is 36.6 Å². The predicted molar refractivity (Wildman–Crippen MR) is 79.9 cm³/mol. The SMILES string of the molecule is CC1(C)Cc2ccccc2C1NCc1ccc(F)c(F)c1. The van der Waals surface area contributed by atoms with Crippen LogP contribution in [0.25, 0.3) is 0 Å². The molecule has 1 atom stereocenters. The molecule has 3 rings (SSSR count). The highest BCUT2D eigenvalue weighted by Gasteiger charge is 2.38. The zero-order valence-corrected chi connectivity index (χ0v) is 12.3. The summed E-state index contributed by atoms with van der Waals surface area (Å²) in [5.41, 5.74) is 3.55. The van der Waals surface area contributed by atoms with E-state index in [1.165, 1.54) is 23.3 Å². The smallest absolute Gasteiger partial charge is 0.159 e. The van der Waals surface area contributed by atoms with Gasteiger partial charge in [0.2, 0.25) is 0 Å². The number of hydrogen-bond acceptors (Lipinski definition) is 1. The van der Waals surface area contributed by atoms with Crippen molar-refractivity contribution in [1.82, 2.24) is 5.32 Å². The highest BCUT2D eigenvalue weighted by Crippen LogP contribution is 2.45. The Morgan fingerprint density at radius 3 is 2.62 bits per heavy atom. The maximum atomic E-state index is 13.3. The van der Waals surface area contributed by atoms with E-state index in [1.807, 2.05) is 6.07 Å². The minimum atomic E-state index is -0.801. The third-order valence-corrected chi connectivity index (χ3v) is 4.29. The van der Waals surface area contributed by atoms with Gasteiger partial charge in [0.05, 0.1) is 0 Å². The fourth-order valence-corrected chi connectivity index (χ4v) is 3.25. The van der Waals surface area contributed by atoms with Crippen LogP contribution in [-0.4, -0.2) is 0 Å². The first-order chi connectivity index (χ1) is 9.97. The average Bonchev–Trinajstić information content (AvgIpc) is 2.70. The molecule has 1 N–H and O–H groups in total. The molecule has 1 aliphatic carbocycles. The third-order valence-electron chi connectivity index (χ3n) is 4.29. The Labute approximate surface area is 124 Å². The first-order valence-corrected chi connectivity index (χ1v) is 7.22. The van der Waals surface area contributed by atoms with Crippen LogP contribution in [-0.2, 0) is 13.0 Å². The van der Waals surface area contributed by atoms with Gasteiger partial charge in [-0.25, -0.2) is 8.78 Å². The van der Waals surface area contributed by atoms with Gasteiger partial charge in [-0.2, -0.15) is 0 Å². The van der Waals surface area contributed by atoms with Crippen LogP contribution in [0, 0.1) is 17.0 Å². The van der Waals surface area contributed by atoms with Crippen molar-refractivity contribution in [2.24, 2.45) is 5.41 Å². The van der Waals surface area contributed by atoms with Crippen molar-refractivity contribution in [1.29, 1.82) is 0 Å². The van der Waals surface area contributed by atoms with Crippen LogP contribution in [0.2, 0.25) is 0 Å². The van der Waals surface area contributed by atoms with Gasteiger partial charge in [-0.15, -0.1) is 0 Å². The summed E-state index contributed by atoms with van der Waals surface area (Å²) in [6.45, 7) is 4.99. The average molecular weight is 287 g/mol. The molecule has 3 heteroatoms. The molecular weight excluding hydrogens is 268 g/mol. The molecule has 21 heavy (non-hydrogen) atoms. The molecule has 0 saturated carbocycles. The molecule has 1 unspecified atom stereocenters. The number of halogens is 2.